The van der Waals surface area contributed by atoms with Gasteiger partial charge in [0.25, 0.3) is 0 Å². The van der Waals surface area contributed by atoms with Crippen LogP contribution in [0.2, 0.25) is 0 Å². The summed E-state index contributed by atoms with van der Waals surface area (Å²) in [6, 6.07) is 28.4. The van der Waals surface area contributed by atoms with Gasteiger partial charge in [-0.1, -0.05) is 67.8 Å². The van der Waals surface area contributed by atoms with Gasteiger partial charge < -0.3 is 26.6 Å². The van der Waals surface area contributed by atoms with Crippen LogP contribution in [-0.4, -0.2) is 38.9 Å². The van der Waals surface area contributed by atoms with Crippen molar-refractivity contribution in [2.24, 2.45) is 0 Å². The SMILES string of the molecule is C=C[Si](OC)(OC)OC.C=C[Si](Oc1ccccc1)(Oc1ccccc1)Oc1ccccc1. The molecule has 3 rings (SSSR count). The average Bonchev–Trinajstić information content (AvgIpc) is 2.88. The minimum absolute atomic E-state index is 0.677. The van der Waals surface area contributed by atoms with Crippen molar-refractivity contribution in [2.75, 3.05) is 21.3 Å². The molecule has 174 valence electrons. The Bertz CT molecular complexity index is 841. The van der Waals surface area contributed by atoms with Crippen molar-refractivity contribution in [1.29, 1.82) is 0 Å². The van der Waals surface area contributed by atoms with Crippen molar-refractivity contribution >= 4 is 17.6 Å². The second kappa shape index (κ2) is 13.4. The lowest BCUT2D eigenvalue weighted by Crippen LogP contribution is -2.53. The van der Waals surface area contributed by atoms with E-state index in [0.29, 0.717) is 17.2 Å². The van der Waals surface area contributed by atoms with Crippen LogP contribution in [0.1, 0.15) is 0 Å². The van der Waals surface area contributed by atoms with Gasteiger partial charge in [0.2, 0.25) is 0 Å². The van der Waals surface area contributed by atoms with Crippen LogP contribution in [0.4, 0.5) is 0 Å². The van der Waals surface area contributed by atoms with E-state index in [9.17, 15) is 0 Å². The van der Waals surface area contributed by atoms with Crippen LogP contribution in [0.15, 0.2) is 116 Å². The highest BCUT2D eigenvalue weighted by Gasteiger charge is 2.46. The zero-order valence-electron chi connectivity index (χ0n) is 19.2. The van der Waals surface area contributed by atoms with E-state index >= 15 is 0 Å². The maximum atomic E-state index is 6.14. The van der Waals surface area contributed by atoms with E-state index in [0.717, 1.165) is 0 Å². The predicted octanol–water partition coefficient (Wildman–Crippen LogP) is 5.48. The first kappa shape index (κ1) is 26.1. The highest BCUT2D eigenvalue weighted by atomic mass is 28.4. The molecule has 0 fully saturated rings. The monoisotopic (exact) mass is 482 g/mol. The van der Waals surface area contributed by atoms with Crippen LogP contribution in [0.25, 0.3) is 0 Å². The molecule has 0 bridgehead atoms. The molecule has 0 radical (unpaired) electrons. The number of rotatable bonds is 11. The quantitative estimate of drug-likeness (QED) is 0.338. The van der Waals surface area contributed by atoms with Crippen molar-refractivity contribution in [3.8, 4) is 17.2 Å². The van der Waals surface area contributed by atoms with E-state index in [1.807, 2.05) is 91.0 Å². The van der Waals surface area contributed by atoms with Crippen molar-refractivity contribution in [3.05, 3.63) is 116 Å². The minimum atomic E-state index is -3.23. The molecule has 0 saturated heterocycles. The third-order valence-electron chi connectivity index (χ3n) is 4.36. The zero-order chi connectivity index (χ0) is 24.0. The number of hydrogen-bond acceptors (Lipinski definition) is 6. The van der Waals surface area contributed by atoms with Crippen LogP contribution >= 0.6 is 0 Å². The Morgan fingerprint density at radius 1 is 0.485 bits per heavy atom. The van der Waals surface area contributed by atoms with Gasteiger partial charge in [-0.05, 0) is 42.1 Å². The second-order valence-electron chi connectivity index (χ2n) is 6.47. The summed E-state index contributed by atoms with van der Waals surface area (Å²) in [5.74, 6) is 2.03. The molecule has 0 N–H and O–H groups in total. The molecule has 0 atom stereocenters. The molecule has 3 aromatic rings. The Kier molecular flexibility index (Phi) is 10.6. The van der Waals surface area contributed by atoms with Gasteiger partial charge in [-0.25, -0.2) is 0 Å². The molecule has 0 unspecified atom stereocenters. The Morgan fingerprint density at radius 2 is 0.758 bits per heavy atom. The van der Waals surface area contributed by atoms with Crippen LogP contribution in [0.3, 0.4) is 0 Å². The molecule has 3 aromatic carbocycles. The normalized spacial score (nSPS) is 10.9. The third kappa shape index (κ3) is 8.05. The van der Waals surface area contributed by atoms with Crippen molar-refractivity contribution in [3.63, 3.8) is 0 Å². The van der Waals surface area contributed by atoms with Crippen LogP contribution in [-0.2, 0) is 13.3 Å². The van der Waals surface area contributed by atoms with Gasteiger partial charge in [0, 0.05) is 27.0 Å². The molecule has 0 aliphatic heterocycles. The van der Waals surface area contributed by atoms with E-state index < -0.39 is 17.6 Å². The number of para-hydroxylation sites is 3. The summed E-state index contributed by atoms with van der Waals surface area (Å²) in [6.07, 6.45) is 0. The summed E-state index contributed by atoms with van der Waals surface area (Å²) in [7, 11) is -1.03. The molecule has 33 heavy (non-hydrogen) atoms. The number of hydrogen-bond donors (Lipinski definition) is 0. The standard InChI is InChI=1S/C20H18O3Si.C5H12O3Si/c1-2-24(21-18-12-6-3-7-13-18,22-19-14-8-4-9-15-19)23-20-16-10-5-11-17-20;1-5-9(6-2,7-3)8-4/h2-17H,1H2;5H,1H2,2-4H3. The molecule has 0 saturated carbocycles. The van der Waals surface area contributed by atoms with Gasteiger partial charge in [-0.15, -0.1) is 0 Å². The maximum Gasteiger partial charge on any atom is 0.728 e. The Balaban J connectivity index is 0.000000365. The van der Waals surface area contributed by atoms with E-state index in [1.165, 1.54) is 0 Å². The third-order valence-corrected chi connectivity index (χ3v) is 8.63. The first-order valence-corrected chi connectivity index (χ1v) is 13.8. The molecule has 0 aromatic heterocycles. The predicted molar refractivity (Wildman–Crippen MR) is 134 cm³/mol. The first-order valence-electron chi connectivity index (χ1n) is 10.2. The summed E-state index contributed by atoms with van der Waals surface area (Å²) in [4.78, 5) is 0. The zero-order valence-corrected chi connectivity index (χ0v) is 21.2. The van der Waals surface area contributed by atoms with Gasteiger partial charge in [0.15, 0.2) is 0 Å². The molecule has 0 aliphatic carbocycles. The van der Waals surface area contributed by atoms with E-state index in [2.05, 4.69) is 13.2 Å². The fraction of sp³-hybridized carbons (Fsp3) is 0.120. The van der Waals surface area contributed by atoms with Crippen LogP contribution in [0.5, 0.6) is 17.2 Å². The molecule has 0 aliphatic rings. The van der Waals surface area contributed by atoms with Crippen molar-refractivity contribution in [2.45, 2.75) is 0 Å². The van der Waals surface area contributed by atoms with E-state index in [1.54, 1.807) is 32.7 Å². The van der Waals surface area contributed by atoms with Gasteiger partial charge in [-0.3, -0.25) is 0 Å². The van der Waals surface area contributed by atoms with Crippen molar-refractivity contribution < 1.29 is 26.6 Å². The van der Waals surface area contributed by atoms with E-state index in [-0.39, 0.29) is 0 Å². The van der Waals surface area contributed by atoms with Gasteiger partial charge in [0.05, 0.1) is 0 Å². The molecule has 0 amide bonds. The molecular formula is C25H30O6Si2. The van der Waals surface area contributed by atoms with Crippen LogP contribution < -0.4 is 13.3 Å². The summed E-state index contributed by atoms with van der Waals surface area (Å²) in [5.41, 5.74) is 3.22. The average molecular weight is 483 g/mol. The Hall–Kier alpha value is -3.15. The highest BCUT2D eigenvalue weighted by Crippen LogP contribution is 2.24. The fourth-order valence-electron chi connectivity index (χ4n) is 2.65. The lowest BCUT2D eigenvalue weighted by atomic mass is 10.3. The number of benzene rings is 3. The summed E-state index contributed by atoms with van der Waals surface area (Å²) in [6.45, 7) is 7.44. The molecule has 0 spiro atoms. The fourth-order valence-corrected chi connectivity index (χ4v) is 5.41. The Labute approximate surface area is 198 Å². The Morgan fingerprint density at radius 3 is 0.939 bits per heavy atom. The smallest absolute Gasteiger partial charge is 0.480 e. The molecule has 0 heterocycles. The largest absolute Gasteiger partial charge is 0.728 e. The maximum absolute atomic E-state index is 6.14. The highest BCUT2D eigenvalue weighted by molar-refractivity contribution is 6.68. The van der Waals surface area contributed by atoms with E-state index in [4.69, 9.17) is 26.6 Å². The summed E-state index contributed by atoms with van der Waals surface area (Å²) < 4.78 is 33.3. The molecular weight excluding hydrogens is 452 g/mol. The topological polar surface area (TPSA) is 55.4 Å². The lowest BCUT2D eigenvalue weighted by Gasteiger charge is -2.27. The second-order valence-corrected chi connectivity index (χ2v) is 11.5. The first-order chi connectivity index (χ1) is 16.0. The summed E-state index contributed by atoms with van der Waals surface area (Å²) >= 11 is 0. The van der Waals surface area contributed by atoms with Gasteiger partial charge in [-0.2, -0.15) is 0 Å². The van der Waals surface area contributed by atoms with Crippen molar-refractivity contribution in [1.82, 2.24) is 0 Å². The summed E-state index contributed by atoms with van der Waals surface area (Å²) in [5, 5.41) is 0. The van der Waals surface area contributed by atoms with Crippen LogP contribution in [0, 0.1) is 0 Å². The minimum Gasteiger partial charge on any atom is -0.480 e. The van der Waals surface area contributed by atoms with Gasteiger partial charge in [0.1, 0.15) is 17.2 Å². The molecule has 6 nitrogen and oxygen atoms in total. The van der Waals surface area contributed by atoms with Gasteiger partial charge >= 0.3 is 17.6 Å². The lowest BCUT2D eigenvalue weighted by molar-refractivity contribution is 0.138. The molecule has 8 heteroatoms.